The van der Waals surface area contributed by atoms with Gasteiger partial charge in [0, 0.05) is 19.1 Å². The quantitative estimate of drug-likeness (QED) is 0.783. The van der Waals surface area contributed by atoms with Crippen molar-refractivity contribution >= 4 is 14.4 Å². The third-order valence-electron chi connectivity index (χ3n) is 5.59. The van der Waals surface area contributed by atoms with Crippen molar-refractivity contribution in [1.82, 2.24) is 10.2 Å². The van der Waals surface area contributed by atoms with Gasteiger partial charge in [-0.25, -0.2) is 4.79 Å². The van der Waals surface area contributed by atoms with Crippen LogP contribution in [0.25, 0.3) is 0 Å². The molecular formula is C18H36N2O3Si. The Morgan fingerprint density at radius 1 is 1.21 bits per heavy atom. The first-order valence-corrected chi connectivity index (χ1v) is 12.0. The minimum atomic E-state index is -1.77. The van der Waals surface area contributed by atoms with Gasteiger partial charge in [0.15, 0.2) is 8.32 Å². The van der Waals surface area contributed by atoms with Crippen LogP contribution >= 0.6 is 0 Å². The molecule has 1 heterocycles. The molecule has 140 valence electrons. The van der Waals surface area contributed by atoms with Gasteiger partial charge in [0.1, 0.15) is 5.60 Å². The predicted molar refractivity (Wildman–Crippen MR) is 99.8 cm³/mol. The Labute approximate surface area is 148 Å². The molecule has 0 aromatic rings. The molecule has 1 saturated heterocycles. The zero-order valence-corrected chi connectivity index (χ0v) is 17.8. The van der Waals surface area contributed by atoms with Crippen molar-refractivity contribution in [3.63, 3.8) is 0 Å². The van der Waals surface area contributed by atoms with Gasteiger partial charge in [-0.15, -0.1) is 0 Å². The summed E-state index contributed by atoms with van der Waals surface area (Å²) in [7, 11) is -1.77. The molecule has 1 amide bonds. The smallest absolute Gasteiger partial charge is 0.410 e. The maximum absolute atomic E-state index is 12.6. The van der Waals surface area contributed by atoms with Gasteiger partial charge in [-0.2, -0.15) is 0 Å². The molecule has 1 spiro atoms. The van der Waals surface area contributed by atoms with E-state index in [1.54, 1.807) is 0 Å². The van der Waals surface area contributed by atoms with E-state index in [1.165, 1.54) is 0 Å². The van der Waals surface area contributed by atoms with Gasteiger partial charge in [0.05, 0.1) is 12.1 Å². The zero-order chi connectivity index (χ0) is 18.4. The molecule has 0 radical (unpaired) electrons. The standard InChI is InChI=1S/C18H36N2O3Si/c1-16(2,3)23-15(21)20-11-14(19-13-18(20)9-10-18)12-22-24(7,8)17(4,5)6/h14,19H,9-13H2,1-8H3. The number of hydrogen-bond donors (Lipinski definition) is 1. The Morgan fingerprint density at radius 3 is 2.25 bits per heavy atom. The molecule has 24 heavy (non-hydrogen) atoms. The van der Waals surface area contributed by atoms with Crippen LogP contribution in [0.2, 0.25) is 18.1 Å². The average molecular weight is 357 g/mol. The highest BCUT2D eigenvalue weighted by Crippen LogP contribution is 2.44. The van der Waals surface area contributed by atoms with Crippen LogP contribution in [0, 0.1) is 0 Å². The summed E-state index contributed by atoms with van der Waals surface area (Å²) in [6.45, 7) is 19.2. The van der Waals surface area contributed by atoms with Crippen molar-refractivity contribution < 1.29 is 14.0 Å². The van der Waals surface area contributed by atoms with Gasteiger partial charge < -0.3 is 14.5 Å². The Hall–Kier alpha value is -0.593. The first-order chi connectivity index (χ1) is 10.8. The van der Waals surface area contributed by atoms with E-state index in [-0.39, 0.29) is 22.7 Å². The van der Waals surface area contributed by atoms with Gasteiger partial charge in [-0.05, 0) is 51.7 Å². The van der Waals surface area contributed by atoms with Crippen molar-refractivity contribution in [3.8, 4) is 0 Å². The van der Waals surface area contributed by atoms with Crippen molar-refractivity contribution in [3.05, 3.63) is 0 Å². The fourth-order valence-electron chi connectivity index (χ4n) is 2.72. The summed E-state index contributed by atoms with van der Waals surface area (Å²) in [5, 5.41) is 3.79. The summed E-state index contributed by atoms with van der Waals surface area (Å²) in [6.07, 6.45) is 1.95. The highest BCUT2D eigenvalue weighted by Gasteiger charge is 2.54. The molecule has 0 bridgehead atoms. The first kappa shape index (κ1) is 19.7. The molecule has 1 unspecified atom stereocenters. The second-order valence-electron chi connectivity index (χ2n) is 9.96. The normalized spacial score (nSPS) is 24.2. The third-order valence-corrected chi connectivity index (χ3v) is 10.1. The lowest BCUT2D eigenvalue weighted by atomic mass is 10.1. The third kappa shape index (κ3) is 4.52. The number of amides is 1. The Morgan fingerprint density at radius 2 is 1.79 bits per heavy atom. The Kier molecular flexibility index (Phi) is 5.17. The van der Waals surface area contributed by atoms with Gasteiger partial charge in [0.25, 0.3) is 0 Å². The Bertz CT molecular complexity index is 476. The summed E-state index contributed by atoms with van der Waals surface area (Å²) in [5.74, 6) is 0. The summed E-state index contributed by atoms with van der Waals surface area (Å²) >= 11 is 0. The zero-order valence-electron chi connectivity index (χ0n) is 16.8. The van der Waals surface area contributed by atoms with E-state index >= 15 is 0 Å². The molecule has 2 fully saturated rings. The van der Waals surface area contributed by atoms with E-state index < -0.39 is 13.9 Å². The molecule has 2 rings (SSSR count). The minimum Gasteiger partial charge on any atom is -0.444 e. The second kappa shape index (κ2) is 6.29. The summed E-state index contributed by atoms with van der Waals surface area (Å²) in [4.78, 5) is 14.6. The minimum absolute atomic E-state index is 0.0180. The van der Waals surface area contributed by atoms with Gasteiger partial charge in [0.2, 0.25) is 0 Å². The van der Waals surface area contributed by atoms with Crippen LogP contribution in [-0.2, 0) is 9.16 Å². The fourth-order valence-corrected chi connectivity index (χ4v) is 3.77. The van der Waals surface area contributed by atoms with Crippen LogP contribution in [0.15, 0.2) is 0 Å². The van der Waals surface area contributed by atoms with E-state index in [2.05, 4.69) is 39.2 Å². The highest BCUT2D eigenvalue weighted by atomic mass is 28.4. The van der Waals surface area contributed by atoms with Crippen molar-refractivity contribution in [1.29, 1.82) is 0 Å². The van der Waals surface area contributed by atoms with E-state index in [1.807, 2.05) is 25.7 Å². The van der Waals surface area contributed by atoms with Crippen LogP contribution in [-0.4, -0.2) is 56.2 Å². The van der Waals surface area contributed by atoms with Crippen LogP contribution in [0.1, 0.15) is 54.4 Å². The number of ether oxygens (including phenoxy) is 1. The topological polar surface area (TPSA) is 50.8 Å². The summed E-state index contributed by atoms with van der Waals surface area (Å²) in [6, 6.07) is 0.179. The molecule has 1 saturated carbocycles. The molecule has 1 aliphatic heterocycles. The number of carbonyl (C=O) groups is 1. The lowest BCUT2D eigenvalue weighted by Crippen LogP contribution is -2.62. The maximum Gasteiger partial charge on any atom is 0.410 e. The Balaban J connectivity index is 1.97. The van der Waals surface area contributed by atoms with E-state index in [0.717, 1.165) is 19.4 Å². The SMILES string of the molecule is CC(C)(C)OC(=O)N1CC(CO[Si](C)(C)C(C)(C)C)NCC12CC2. The maximum atomic E-state index is 12.6. The van der Waals surface area contributed by atoms with Gasteiger partial charge >= 0.3 is 6.09 Å². The predicted octanol–water partition coefficient (Wildman–Crippen LogP) is 3.75. The largest absolute Gasteiger partial charge is 0.444 e. The van der Waals surface area contributed by atoms with Crippen molar-refractivity contribution in [2.24, 2.45) is 0 Å². The fraction of sp³-hybridized carbons (Fsp3) is 0.944. The van der Waals surface area contributed by atoms with Crippen LogP contribution in [0.4, 0.5) is 4.79 Å². The molecule has 1 atom stereocenters. The molecule has 5 nitrogen and oxygen atoms in total. The second-order valence-corrected chi connectivity index (χ2v) is 14.8. The lowest BCUT2D eigenvalue weighted by Gasteiger charge is -2.43. The molecule has 6 heteroatoms. The number of nitrogens with one attached hydrogen (secondary N) is 1. The van der Waals surface area contributed by atoms with Crippen LogP contribution in [0.3, 0.4) is 0 Å². The van der Waals surface area contributed by atoms with E-state index in [4.69, 9.17) is 9.16 Å². The van der Waals surface area contributed by atoms with Crippen LogP contribution in [0.5, 0.6) is 0 Å². The number of carbonyl (C=O) groups excluding carboxylic acids is 1. The number of nitrogens with zero attached hydrogens (tertiary/aromatic N) is 1. The monoisotopic (exact) mass is 356 g/mol. The van der Waals surface area contributed by atoms with Gasteiger partial charge in [-0.3, -0.25) is 4.90 Å². The molecule has 2 aliphatic rings. The number of piperazine rings is 1. The van der Waals surface area contributed by atoms with E-state index in [9.17, 15) is 4.79 Å². The first-order valence-electron chi connectivity index (χ1n) is 9.14. The highest BCUT2D eigenvalue weighted by molar-refractivity contribution is 6.74. The number of hydrogen-bond acceptors (Lipinski definition) is 4. The molecule has 0 aromatic carbocycles. The van der Waals surface area contributed by atoms with E-state index in [0.29, 0.717) is 13.2 Å². The van der Waals surface area contributed by atoms with Crippen molar-refractivity contribution in [2.45, 2.75) is 89.7 Å². The summed E-state index contributed by atoms with van der Waals surface area (Å²) < 4.78 is 12.0. The molecule has 1 aliphatic carbocycles. The molecular weight excluding hydrogens is 320 g/mol. The lowest BCUT2D eigenvalue weighted by molar-refractivity contribution is 0.000511. The molecule has 1 N–H and O–H groups in total. The average Bonchev–Trinajstić information content (AvgIpc) is 3.15. The van der Waals surface area contributed by atoms with Crippen LogP contribution < -0.4 is 5.32 Å². The molecule has 0 aromatic heterocycles. The van der Waals surface area contributed by atoms with Crippen molar-refractivity contribution in [2.75, 3.05) is 19.7 Å². The van der Waals surface area contributed by atoms with Gasteiger partial charge in [-0.1, -0.05) is 20.8 Å². The number of rotatable bonds is 3. The summed E-state index contributed by atoms with van der Waals surface area (Å²) in [5.41, 5.74) is -0.471.